The Balaban J connectivity index is 2.20. The molecule has 0 bridgehead atoms. The molecule has 1 saturated heterocycles. The SMILES string of the molecule is CCC(N)C(c1cccnc1)N1CCOC(C)C1. The van der Waals surface area contributed by atoms with Crippen molar-refractivity contribution in [1.82, 2.24) is 9.88 Å². The van der Waals surface area contributed by atoms with Gasteiger partial charge in [-0.15, -0.1) is 0 Å². The molecule has 0 radical (unpaired) electrons. The fourth-order valence-electron chi connectivity index (χ4n) is 2.60. The van der Waals surface area contributed by atoms with Gasteiger partial charge in [-0.05, 0) is 25.0 Å². The Labute approximate surface area is 109 Å². The van der Waals surface area contributed by atoms with Crippen LogP contribution in [0.2, 0.25) is 0 Å². The largest absolute Gasteiger partial charge is 0.376 e. The summed E-state index contributed by atoms with van der Waals surface area (Å²) in [5.41, 5.74) is 7.52. The summed E-state index contributed by atoms with van der Waals surface area (Å²) in [4.78, 5) is 6.65. The van der Waals surface area contributed by atoms with Gasteiger partial charge in [0.05, 0.1) is 18.8 Å². The van der Waals surface area contributed by atoms with Crippen molar-refractivity contribution in [2.75, 3.05) is 19.7 Å². The van der Waals surface area contributed by atoms with Gasteiger partial charge >= 0.3 is 0 Å². The quantitative estimate of drug-likeness (QED) is 0.880. The van der Waals surface area contributed by atoms with Crippen LogP contribution >= 0.6 is 0 Å². The van der Waals surface area contributed by atoms with Crippen molar-refractivity contribution in [1.29, 1.82) is 0 Å². The molecule has 4 nitrogen and oxygen atoms in total. The van der Waals surface area contributed by atoms with Crippen LogP contribution < -0.4 is 5.73 Å². The topological polar surface area (TPSA) is 51.4 Å². The third-order valence-electron chi connectivity index (χ3n) is 3.57. The lowest BCUT2D eigenvalue weighted by Gasteiger charge is -2.39. The van der Waals surface area contributed by atoms with Gasteiger partial charge in [-0.1, -0.05) is 13.0 Å². The van der Waals surface area contributed by atoms with Crippen molar-refractivity contribution in [3.63, 3.8) is 0 Å². The zero-order valence-electron chi connectivity index (χ0n) is 11.2. The third kappa shape index (κ3) is 3.07. The highest BCUT2D eigenvalue weighted by molar-refractivity contribution is 5.16. The molecule has 0 amide bonds. The average molecular weight is 249 g/mol. The molecular weight excluding hydrogens is 226 g/mol. The third-order valence-corrected chi connectivity index (χ3v) is 3.57. The van der Waals surface area contributed by atoms with Gasteiger partial charge < -0.3 is 10.5 Å². The van der Waals surface area contributed by atoms with E-state index in [1.54, 1.807) is 6.20 Å². The monoisotopic (exact) mass is 249 g/mol. The highest BCUT2D eigenvalue weighted by Crippen LogP contribution is 2.26. The summed E-state index contributed by atoms with van der Waals surface area (Å²) >= 11 is 0. The smallest absolute Gasteiger partial charge is 0.0674 e. The van der Waals surface area contributed by atoms with Crippen molar-refractivity contribution >= 4 is 0 Å². The van der Waals surface area contributed by atoms with E-state index in [2.05, 4.69) is 29.8 Å². The number of aromatic nitrogens is 1. The Bertz CT molecular complexity index is 357. The molecule has 1 aromatic heterocycles. The van der Waals surface area contributed by atoms with Crippen LogP contribution in [0.15, 0.2) is 24.5 Å². The molecule has 1 aromatic rings. The maximum atomic E-state index is 6.32. The van der Waals surface area contributed by atoms with Gasteiger partial charge in [-0.3, -0.25) is 9.88 Å². The van der Waals surface area contributed by atoms with E-state index in [1.165, 1.54) is 5.56 Å². The van der Waals surface area contributed by atoms with E-state index in [4.69, 9.17) is 10.5 Å². The predicted octanol–water partition coefficient (Wildman–Crippen LogP) is 1.58. The van der Waals surface area contributed by atoms with Crippen LogP contribution in [0.5, 0.6) is 0 Å². The van der Waals surface area contributed by atoms with Gasteiger partial charge in [0.25, 0.3) is 0 Å². The molecule has 4 heteroatoms. The first-order valence-corrected chi connectivity index (χ1v) is 6.73. The molecule has 1 aliphatic rings. The first kappa shape index (κ1) is 13.5. The number of nitrogens with two attached hydrogens (primary N) is 1. The number of hydrogen-bond donors (Lipinski definition) is 1. The summed E-state index contributed by atoms with van der Waals surface area (Å²) in [6.45, 7) is 6.92. The lowest BCUT2D eigenvalue weighted by molar-refractivity contribution is -0.0387. The van der Waals surface area contributed by atoms with E-state index in [-0.39, 0.29) is 18.2 Å². The van der Waals surface area contributed by atoms with Crippen molar-refractivity contribution in [3.8, 4) is 0 Å². The summed E-state index contributed by atoms with van der Waals surface area (Å²) < 4.78 is 5.61. The minimum Gasteiger partial charge on any atom is -0.376 e. The van der Waals surface area contributed by atoms with E-state index in [0.29, 0.717) is 0 Å². The Morgan fingerprint density at radius 3 is 3.06 bits per heavy atom. The number of morpholine rings is 1. The second kappa shape index (κ2) is 6.27. The van der Waals surface area contributed by atoms with Crippen LogP contribution in [-0.2, 0) is 4.74 Å². The summed E-state index contributed by atoms with van der Waals surface area (Å²) in [5.74, 6) is 0. The highest BCUT2D eigenvalue weighted by Gasteiger charge is 2.29. The fraction of sp³-hybridized carbons (Fsp3) is 0.643. The molecular formula is C14H23N3O. The number of pyridine rings is 1. The van der Waals surface area contributed by atoms with Crippen LogP contribution in [0.4, 0.5) is 0 Å². The number of hydrogen-bond acceptors (Lipinski definition) is 4. The van der Waals surface area contributed by atoms with Crippen LogP contribution in [-0.4, -0.2) is 41.7 Å². The van der Waals surface area contributed by atoms with Gasteiger partial charge in [0.1, 0.15) is 0 Å². The van der Waals surface area contributed by atoms with E-state index in [9.17, 15) is 0 Å². The van der Waals surface area contributed by atoms with Gasteiger partial charge in [0, 0.05) is 31.5 Å². The van der Waals surface area contributed by atoms with E-state index in [1.807, 2.05) is 12.3 Å². The van der Waals surface area contributed by atoms with Gasteiger partial charge in [-0.25, -0.2) is 0 Å². The predicted molar refractivity (Wildman–Crippen MR) is 72.2 cm³/mol. The molecule has 0 aliphatic carbocycles. The molecule has 2 heterocycles. The summed E-state index contributed by atoms with van der Waals surface area (Å²) in [7, 11) is 0. The molecule has 1 fully saturated rings. The lowest BCUT2D eigenvalue weighted by atomic mass is 9.97. The minimum atomic E-state index is 0.138. The van der Waals surface area contributed by atoms with Crippen molar-refractivity contribution < 1.29 is 4.74 Å². The average Bonchev–Trinajstić information content (AvgIpc) is 2.40. The molecule has 1 aliphatic heterocycles. The Morgan fingerprint density at radius 2 is 2.44 bits per heavy atom. The summed E-state index contributed by atoms with van der Waals surface area (Å²) in [6.07, 6.45) is 4.98. The Morgan fingerprint density at radius 1 is 1.61 bits per heavy atom. The summed E-state index contributed by atoms with van der Waals surface area (Å²) in [6, 6.07) is 4.48. The summed E-state index contributed by atoms with van der Waals surface area (Å²) in [5, 5.41) is 0. The zero-order valence-corrected chi connectivity index (χ0v) is 11.2. The fourth-order valence-corrected chi connectivity index (χ4v) is 2.60. The first-order chi connectivity index (χ1) is 8.72. The van der Waals surface area contributed by atoms with Crippen molar-refractivity contribution in [2.24, 2.45) is 5.73 Å². The lowest BCUT2D eigenvalue weighted by Crippen LogP contribution is -2.48. The zero-order chi connectivity index (χ0) is 13.0. The van der Waals surface area contributed by atoms with Crippen LogP contribution in [0, 0.1) is 0 Å². The van der Waals surface area contributed by atoms with Crippen LogP contribution in [0.3, 0.4) is 0 Å². The number of rotatable bonds is 4. The second-order valence-electron chi connectivity index (χ2n) is 4.98. The number of ether oxygens (including phenoxy) is 1. The molecule has 2 N–H and O–H groups in total. The standard InChI is InChI=1S/C14H23N3O/c1-3-13(15)14(12-5-4-6-16-9-12)17-7-8-18-11(2)10-17/h4-6,9,11,13-14H,3,7-8,10,15H2,1-2H3. The molecule has 100 valence electrons. The maximum Gasteiger partial charge on any atom is 0.0674 e. The van der Waals surface area contributed by atoms with Crippen molar-refractivity contribution in [2.45, 2.75) is 38.5 Å². The van der Waals surface area contributed by atoms with Crippen molar-refractivity contribution in [3.05, 3.63) is 30.1 Å². The van der Waals surface area contributed by atoms with E-state index in [0.717, 1.165) is 26.1 Å². The normalized spacial score (nSPS) is 24.7. The molecule has 2 rings (SSSR count). The minimum absolute atomic E-state index is 0.138. The maximum absolute atomic E-state index is 6.32. The Kier molecular flexibility index (Phi) is 4.69. The molecule has 3 atom stereocenters. The molecule has 0 spiro atoms. The van der Waals surface area contributed by atoms with Gasteiger partial charge in [0.15, 0.2) is 0 Å². The molecule has 0 aromatic carbocycles. The highest BCUT2D eigenvalue weighted by atomic mass is 16.5. The van der Waals surface area contributed by atoms with Crippen LogP contribution in [0.25, 0.3) is 0 Å². The molecule has 0 saturated carbocycles. The molecule has 3 unspecified atom stereocenters. The Hall–Kier alpha value is -0.970. The second-order valence-corrected chi connectivity index (χ2v) is 4.98. The van der Waals surface area contributed by atoms with E-state index < -0.39 is 0 Å². The van der Waals surface area contributed by atoms with Gasteiger partial charge in [0.2, 0.25) is 0 Å². The molecule has 18 heavy (non-hydrogen) atoms. The van der Waals surface area contributed by atoms with Crippen LogP contribution in [0.1, 0.15) is 31.9 Å². The van der Waals surface area contributed by atoms with Gasteiger partial charge in [-0.2, -0.15) is 0 Å². The number of nitrogens with zero attached hydrogens (tertiary/aromatic N) is 2. The first-order valence-electron chi connectivity index (χ1n) is 6.73. The van der Waals surface area contributed by atoms with E-state index >= 15 is 0 Å².